The van der Waals surface area contributed by atoms with Crippen LogP contribution in [0.15, 0.2) is 41.1 Å². The number of halogens is 2. The predicted octanol–water partition coefficient (Wildman–Crippen LogP) is 9.05. The fourth-order valence-electron chi connectivity index (χ4n) is 6.24. The number of ether oxygens (including phenoxy) is 2. The Balaban J connectivity index is 1.79. The van der Waals surface area contributed by atoms with Gasteiger partial charge < -0.3 is 20.1 Å². The molecule has 2 heterocycles. The van der Waals surface area contributed by atoms with Crippen molar-refractivity contribution in [2.45, 2.75) is 99.8 Å². The standard InChI is InChI=1S/C33H46BrFN4O2/c1-28(2,3)41-26-16-21-24(36-19-37-27(21)38-23-14-13-20(34)15-22(23)35)17-25(26)40-18-33(12)29(4,5)31(8,9)39-32(10,11)30(33,6)7/h13-17,19,39H,18H2,1-12H3,(H,36,37,38). The van der Waals surface area contributed by atoms with Crippen molar-refractivity contribution in [2.24, 2.45) is 16.2 Å². The molecule has 0 spiro atoms. The Hall–Kier alpha value is -2.45. The molecule has 0 unspecified atom stereocenters. The SMILES string of the molecule is CC(C)(C)Oc1cc2c(Nc3ccc(Br)cc3F)ncnc2cc1OCC1(C)C(C)(C)C(C)(C)NC(C)(C)C1(C)C. The third-order valence-corrected chi connectivity index (χ3v) is 10.8. The highest BCUT2D eigenvalue weighted by Gasteiger charge is 2.67. The predicted molar refractivity (Wildman–Crippen MR) is 170 cm³/mol. The normalized spacial score (nSPS) is 20.4. The minimum Gasteiger partial charge on any atom is -0.489 e. The smallest absolute Gasteiger partial charge is 0.163 e. The molecule has 3 aromatic rings. The molecule has 6 nitrogen and oxygen atoms in total. The fourth-order valence-corrected chi connectivity index (χ4v) is 6.58. The average molecular weight is 630 g/mol. The second kappa shape index (κ2) is 10.1. The molecule has 0 amide bonds. The molecule has 1 saturated heterocycles. The number of piperidine rings is 1. The van der Waals surface area contributed by atoms with Gasteiger partial charge >= 0.3 is 0 Å². The van der Waals surface area contributed by atoms with Crippen LogP contribution in [0.2, 0.25) is 0 Å². The lowest BCUT2D eigenvalue weighted by atomic mass is 9.41. The Kier molecular flexibility index (Phi) is 7.74. The van der Waals surface area contributed by atoms with Crippen molar-refractivity contribution < 1.29 is 13.9 Å². The number of fused-ring (bicyclic) bond motifs is 1. The molecule has 1 aliphatic heterocycles. The summed E-state index contributed by atoms with van der Waals surface area (Å²) in [5, 5.41) is 7.77. The van der Waals surface area contributed by atoms with Gasteiger partial charge in [0.2, 0.25) is 0 Å². The fraction of sp³-hybridized carbons (Fsp3) is 0.576. The highest BCUT2D eigenvalue weighted by molar-refractivity contribution is 9.10. The zero-order valence-electron chi connectivity index (χ0n) is 26.6. The summed E-state index contributed by atoms with van der Waals surface area (Å²) in [5.74, 6) is 1.31. The Morgan fingerprint density at radius 2 is 1.49 bits per heavy atom. The van der Waals surface area contributed by atoms with Crippen LogP contribution in [0.4, 0.5) is 15.9 Å². The Morgan fingerprint density at radius 1 is 0.878 bits per heavy atom. The highest BCUT2D eigenvalue weighted by atomic mass is 79.9. The van der Waals surface area contributed by atoms with E-state index in [1.54, 1.807) is 12.1 Å². The van der Waals surface area contributed by atoms with Crippen molar-refractivity contribution in [3.8, 4) is 11.5 Å². The maximum Gasteiger partial charge on any atom is 0.163 e. The van der Waals surface area contributed by atoms with Gasteiger partial charge in [0.25, 0.3) is 0 Å². The van der Waals surface area contributed by atoms with Gasteiger partial charge in [0, 0.05) is 32.4 Å². The largest absolute Gasteiger partial charge is 0.489 e. The third kappa shape index (κ3) is 5.42. The highest BCUT2D eigenvalue weighted by Crippen LogP contribution is 2.64. The van der Waals surface area contributed by atoms with Gasteiger partial charge in [0.15, 0.2) is 11.5 Å². The zero-order chi connectivity index (χ0) is 30.8. The minimum atomic E-state index is -0.478. The van der Waals surface area contributed by atoms with E-state index >= 15 is 0 Å². The van der Waals surface area contributed by atoms with Crippen LogP contribution in [0.5, 0.6) is 11.5 Å². The number of aromatic nitrogens is 2. The first-order valence-corrected chi connectivity index (χ1v) is 15.0. The summed E-state index contributed by atoms with van der Waals surface area (Å²) in [7, 11) is 0. The first-order valence-electron chi connectivity index (χ1n) is 14.2. The quantitative estimate of drug-likeness (QED) is 0.284. The molecular formula is C33H46BrFN4O2. The van der Waals surface area contributed by atoms with E-state index < -0.39 is 5.60 Å². The summed E-state index contributed by atoms with van der Waals surface area (Å²) >= 11 is 3.31. The molecule has 2 N–H and O–H groups in total. The molecule has 1 aliphatic rings. The third-order valence-electron chi connectivity index (χ3n) is 10.3. The van der Waals surface area contributed by atoms with Gasteiger partial charge in [-0.2, -0.15) is 0 Å². The van der Waals surface area contributed by atoms with Gasteiger partial charge in [-0.3, -0.25) is 0 Å². The van der Waals surface area contributed by atoms with E-state index in [2.05, 4.69) is 98.8 Å². The topological polar surface area (TPSA) is 68.3 Å². The van der Waals surface area contributed by atoms with Crippen LogP contribution < -0.4 is 20.1 Å². The molecule has 0 aliphatic carbocycles. The van der Waals surface area contributed by atoms with Crippen molar-refractivity contribution in [1.29, 1.82) is 0 Å². The van der Waals surface area contributed by atoms with Crippen LogP contribution in [0.3, 0.4) is 0 Å². The van der Waals surface area contributed by atoms with Gasteiger partial charge in [-0.05, 0) is 83.6 Å². The molecule has 0 saturated carbocycles. The molecule has 1 aromatic heterocycles. The molecule has 0 bridgehead atoms. The van der Waals surface area contributed by atoms with Gasteiger partial charge in [-0.25, -0.2) is 14.4 Å². The van der Waals surface area contributed by atoms with Crippen LogP contribution >= 0.6 is 15.9 Å². The van der Waals surface area contributed by atoms with E-state index in [0.29, 0.717) is 45.0 Å². The number of nitrogens with zero attached hydrogens (tertiary/aromatic N) is 2. The number of hydrogen-bond donors (Lipinski definition) is 2. The maximum absolute atomic E-state index is 14.7. The van der Waals surface area contributed by atoms with E-state index in [4.69, 9.17) is 9.47 Å². The lowest BCUT2D eigenvalue weighted by Crippen LogP contribution is -2.78. The summed E-state index contributed by atoms with van der Waals surface area (Å²) in [6.45, 7) is 27.3. The zero-order valence-corrected chi connectivity index (χ0v) is 28.2. The number of hydrogen-bond acceptors (Lipinski definition) is 6. The minimum absolute atomic E-state index is 0.130. The summed E-state index contributed by atoms with van der Waals surface area (Å²) in [6, 6.07) is 8.66. The van der Waals surface area contributed by atoms with Gasteiger partial charge in [0.1, 0.15) is 23.6 Å². The molecule has 41 heavy (non-hydrogen) atoms. The summed E-state index contributed by atoms with van der Waals surface area (Å²) < 4.78 is 28.6. The lowest BCUT2D eigenvalue weighted by Gasteiger charge is -2.70. The molecule has 0 atom stereocenters. The molecule has 4 rings (SSSR count). The molecular weight excluding hydrogens is 583 g/mol. The molecule has 1 fully saturated rings. The number of rotatable bonds is 6. The first kappa shape index (κ1) is 31.5. The molecule has 8 heteroatoms. The van der Waals surface area contributed by atoms with E-state index in [1.165, 1.54) is 12.4 Å². The van der Waals surface area contributed by atoms with Crippen LogP contribution in [-0.4, -0.2) is 33.3 Å². The van der Waals surface area contributed by atoms with E-state index in [0.717, 1.165) is 0 Å². The van der Waals surface area contributed by atoms with E-state index in [9.17, 15) is 4.39 Å². The summed E-state index contributed by atoms with van der Waals surface area (Å²) in [4.78, 5) is 8.97. The maximum atomic E-state index is 14.7. The Labute approximate surface area is 253 Å². The average Bonchev–Trinajstić information content (AvgIpc) is 2.82. The number of anilines is 2. The monoisotopic (exact) mass is 628 g/mol. The number of benzene rings is 2. The van der Waals surface area contributed by atoms with Crippen LogP contribution in [-0.2, 0) is 0 Å². The van der Waals surface area contributed by atoms with Crippen molar-refractivity contribution >= 4 is 38.3 Å². The lowest BCUT2D eigenvalue weighted by molar-refractivity contribution is -0.191. The van der Waals surface area contributed by atoms with Crippen LogP contribution in [0.1, 0.15) is 83.1 Å². The van der Waals surface area contributed by atoms with Gasteiger partial charge in [-0.1, -0.05) is 50.5 Å². The van der Waals surface area contributed by atoms with Gasteiger partial charge in [0.05, 0.1) is 17.8 Å². The van der Waals surface area contributed by atoms with Crippen molar-refractivity contribution in [3.05, 3.63) is 46.9 Å². The molecule has 0 radical (unpaired) electrons. The van der Waals surface area contributed by atoms with Gasteiger partial charge in [-0.15, -0.1) is 0 Å². The van der Waals surface area contributed by atoms with Crippen molar-refractivity contribution in [2.75, 3.05) is 11.9 Å². The summed E-state index contributed by atoms with van der Waals surface area (Å²) in [6.07, 6.45) is 1.47. The van der Waals surface area contributed by atoms with Crippen molar-refractivity contribution in [1.82, 2.24) is 15.3 Å². The Bertz CT molecular complexity index is 1430. The second-order valence-electron chi connectivity index (χ2n) is 14.7. The number of nitrogens with one attached hydrogen (secondary N) is 2. The van der Waals surface area contributed by atoms with Crippen LogP contribution in [0.25, 0.3) is 10.9 Å². The van der Waals surface area contributed by atoms with E-state index in [1.807, 2.05) is 32.9 Å². The molecule has 224 valence electrons. The van der Waals surface area contributed by atoms with E-state index in [-0.39, 0.29) is 33.1 Å². The van der Waals surface area contributed by atoms with Crippen molar-refractivity contribution in [3.63, 3.8) is 0 Å². The van der Waals surface area contributed by atoms with Crippen LogP contribution in [0, 0.1) is 22.1 Å². The molecule has 2 aromatic carbocycles. The second-order valence-corrected chi connectivity index (χ2v) is 15.7. The summed E-state index contributed by atoms with van der Waals surface area (Å²) in [5.41, 5.74) is -0.268. The first-order chi connectivity index (χ1) is 18.6. The Morgan fingerprint density at radius 3 is 2.05 bits per heavy atom.